The van der Waals surface area contributed by atoms with Gasteiger partial charge in [-0.15, -0.1) is 0 Å². The van der Waals surface area contributed by atoms with E-state index >= 15 is 0 Å². The predicted molar refractivity (Wildman–Crippen MR) is 202 cm³/mol. The highest BCUT2D eigenvalue weighted by Gasteiger charge is 2.18. The van der Waals surface area contributed by atoms with Gasteiger partial charge in [-0.05, 0) is 90.3 Å². The lowest BCUT2D eigenvalue weighted by Gasteiger charge is -2.28. The first-order chi connectivity index (χ1) is 23.3. The number of nitrogens with zero attached hydrogens (tertiary/aromatic N) is 1. The molecule has 0 aliphatic carbocycles. The lowest BCUT2D eigenvalue weighted by molar-refractivity contribution is 1.30. The Kier molecular flexibility index (Phi) is 6.54. The zero-order chi connectivity index (χ0) is 31.2. The predicted octanol–water partition coefficient (Wildman–Crippen LogP) is 13.1. The van der Waals surface area contributed by atoms with Gasteiger partial charge in [0, 0.05) is 16.8 Å². The maximum atomic E-state index is 2.42. The monoisotopic (exact) mass is 597 g/mol. The number of hydrogen-bond acceptors (Lipinski definition) is 1. The average molecular weight is 598 g/mol. The third kappa shape index (κ3) is 4.72. The Morgan fingerprint density at radius 3 is 1.62 bits per heavy atom. The number of fused-ring (bicyclic) bond motifs is 6. The third-order valence-electron chi connectivity index (χ3n) is 9.43. The van der Waals surface area contributed by atoms with E-state index in [1.54, 1.807) is 0 Å². The van der Waals surface area contributed by atoms with E-state index in [-0.39, 0.29) is 0 Å². The van der Waals surface area contributed by atoms with E-state index in [0.29, 0.717) is 0 Å². The molecule has 9 aromatic carbocycles. The zero-order valence-corrected chi connectivity index (χ0v) is 25.8. The summed E-state index contributed by atoms with van der Waals surface area (Å²) in [6, 6.07) is 68.2. The van der Waals surface area contributed by atoms with Crippen molar-refractivity contribution in [3.8, 4) is 22.3 Å². The fourth-order valence-corrected chi connectivity index (χ4v) is 7.17. The van der Waals surface area contributed by atoms with E-state index in [9.17, 15) is 0 Å². The van der Waals surface area contributed by atoms with E-state index in [2.05, 4.69) is 193 Å². The summed E-state index contributed by atoms with van der Waals surface area (Å²) in [5.41, 5.74) is 8.27. The van der Waals surface area contributed by atoms with E-state index < -0.39 is 0 Å². The van der Waals surface area contributed by atoms with Gasteiger partial charge in [-0.2, -0.15) is 0 Å². The van der Waals surface area contributed by atoms with Crippen LogP contribution in [0.25, 0.3) is 65.3 Å². The minimum atomic E-state index is 1.12. The SMILES string of the molecule is c1ccc(-c2ccc(N(c3ccc4c(ccc5ccc6ccccc6c54)c3)c3ccc(-c4ccccc4)c4ccccc34)cc2)cc1. The van der Waals surface area contributed by atoms with Crippen LogP contribution in [0.15, 0.2) is 188 Å². The molecule has 0 aliphatic heterocycles. The maximum absolute atomic E-state index is 2.42. The van der Waals surface area contributed by atoms with Crippen molar-refractivity contribution >= 4 is 60.2 Å². The molecule has 1 heteroatoms. The van der Waals surface area contributed by atoms with Gasteiger partial charge in [-0.3, -0.25) is 0 Å². The molecule has 0 atom stereocenters. The van der Waals surface area contributed by atoms with Crippen LogP contribution in [0.2, 0.25) is 0 Å². The summed E-state index contributed by atoms with van der Waals surface area (Å²) >= 11 is 0. The second-order valence-electron chi connectivity index (χ2n) is 12.1. The van der Waals surface area contributed by atoms with Crippen LogP contribution >= 0.6 is 0 Å². The fourth-order valence-electron chi connectivity index (χ4n) is 7.17. The standard InChI is InChI=1S/C46H31N/c1-3-11-32(12-4-1)33-23-25-38(26-24-33)47(45-30-29-40(34-13-5-2-6-14-34)43-17-9-10-18-44(43)45)39-27-28-42-37(31-39)22-21-36-20-19-35-15-7-8-16-41(35)46(36)42/h1-31H. The molecule has 0 unspecified atom stereocenters. The van der Waals surface area contributed by atoms with Crippen molar-refractivity contribution < 1.29 is 0 Å². The highest BCUT2D eigenvalue weighted by molar-refractivity contribution is 6.20. The zero-order valence-electron chi connectivity index (χ0n) is 25.8. The Morgan fingerprint density at radius 2 is 0.851 bits per heavy atom. The smallest absolute Gasteiger partial charge is 0.0540 e. The van der Waals surface area contributed by atoms with Gasteiger partial charge in [0.1, 0.15) is 0 Å². The summed E-state index contributed by atoms with van der Waals surface area (Å²) in [5.74, 6) is 0. The minimum Gasteiger partial charge on any atom is -0.310 e. The summed E-state index contributed by atoms with van der Waals surface area (Å²) in [4.78, 5) is 2.42. The molecule has 47 heavy (non-hydrogen) atoms. The Hall–Kier alpha value is -6.18. The van der Waals surface area contributed by atoms with E-state index in [4.69, 9.17) is 0 Å². The van der Waals surface area contributed by atoms with Crippen LogP contribution in [-0.2, 0) is 0 Å². The number of rotatable bonds is 5. The lowest BCUT2D eigenvalue weighted by atomic mass is 9.95. The van der Waals surface area contributed by atoms with Crippen molar-refractivity contribution in [1.29, 1.82) is 0 Å². The molecular weight excluding hydrogens is 567 g/mol. The molecule has 0 saturated carbocycles. The summed E-state index contributed by atoms with van der Waals surface area (Å²) < 4.78 is 0. The van der Waals surface area contributed by atoms with Gasteiger partial charge < -0.3 is 4.90 Å². The molecule has 0 saturated heterocycles. The van der Waals surface area contributed by atoms with Crippen molar-refractivity contribution in [3.05, 3.63) is 188 Å². The molecule has 0 heterocycles. The molecule has 1 nitrogen and oxygen atoms in total. The molecule has 220 valence electrons. The highest BCUT2D eigenvalue weighted by Crippen LogP contribution is 2.44. The number of anilines is 3. The van der Waals surface area contributed by atoms with Crippen LogP contribution in [0.4, 0.5) is 17.1 Å². The van der Waals surface area contributed by atoms with E-state index in [1.165, 1.54) is 65.3 Å². The first-order valence-corrected chi connectivity index (χ1v) is 16.2. The average Bonchev–Trinajstić information content (AvgIpc) is 3.15. The Balaban J connectivity index is 1.27. The van der Waals surface area contributed by atoms with Crippen LogP contribution in [-0.4, -0.2) is 0 Å². The maximum Gasteiger partial charge on any atom is 0.0540 e. The largest absolute Gasteiger partial charge is 0.310 e. The molecule has 0 amide bonds. The molecule has 0 radical (unpaired) electrons. The van der Waals surface area contributed by atoms with Crippen LogP contribution in [0.3, 0.4) is 0 Å². The molecule has 0 fully saturated rings. The van der Waals surface area contributed by atoms with Crippen molar-refractivity contribution in [2.45, 2.75) is 0 Å². The van der Waals surface area contributed by atoms with Gasteiger partial charge >= 0.3 is 0 Å². The number of hydrogen-bond donors (Lipinski definition) is 0. The van der Waals surface area contributed by atoms with Gasteiger partial charge in [0.15, 0.2) is 0 Å². The van der Waals surface area contributed by atoms with Crippen LogP contribution < -0.4 is 4.90 Å². The normalized spacial score (nSPS) is 11.4. The highest BCUT2D eigenvalue weighted by atomic mass is 15.1. The fraction of sp³-hybridized carbons (Fsp3) is 0. The molecule has 9 rings (SSSR count). The van der Waals surface area contributed by atoms with Crippen molar-refractivity contribution in [1.82, 2.24) is 0 Å². The van der Waals surface area contributed by atoms with Gasteiger partial charge in [-0.1, -0.05) is 158 Å². The quantitative estimate of drug-likeness (QED) is 0.178. The van der Waals surface area contributed by atoms with Crippen molar-refractivity contribution in [3.63, 3.8) is 0 Å². The van der Waals surface area contributed by atoms with E-state index in [1.807, 2.05) is 0 Å². The molecule has 0 aliphatic rings. The first kappa shape index (κ1) is 27.2. The van der Waals surface area contributed by atoms with E-state index in [0.717, 1.165) is 17.1 Å². The Labute approximate surface area is 274 Å². The molecule has 0 aromatic heterocycles. The molecule has 0 bridgehead atoms. The first-order valence-electron chi connectivity index (χ1n) is 16.2. The van der Waals surface area contributed by atoms with Crippen LogP contribution in [0, 0.1) is 0 Å². The van der Waals surface area contributed by atoms with Gasteiger partial charge in [0.25, 0.3) is 0 Å². The second-order valence-corrected chi connectivity index (χ2v) is 12.1. The number of benzene rings is 9. The summed E-state index contributed by atoms with van der Waals surface area (Å²) in [5, 5.41) is 10.1. The van der Waals surface area contributed by atoms with Crippen molar-refractivity contribution in [2.75, 3.05) is 4.90 Å². The second kappa shape index (κ2) is 11.3. The van der Waals surface area contributed by atoms with Gasteiger partial charge in [0.2, 0.25) is 0 Å². The Morgan fingerprint density at radius 1 is 0.298 bits per heavy atom. The molecular formula is C46H31N. The van der Waals surface area contributed by atoms with Crippen molar-refractivity contribution in [2.24, 2.45) is 0 Å². The van der Waals surface area contributed by atoms with Crippen LogP contribution in [0.5, 0.6) is 0 Å². The van der Waals surface area contributed by atoms with Crippen LogP contribution in [0.1, 0.15) is 0 Å². The third-order valence-corrected chi connectivity index (χ3v) is 9.43. The molecule has 0 N–H and O–H groups in total. The summed E-state index contributed by atoms with van der Waals surface area (Å²) in [6.07, 6.45) is 0. The summed E-state index contributed by atoms with van der Waals surface area (Å²) in [7, 11) is 0. The summed E-state index contributed by atoms with van der Waals surface area (Å²) in [6.45, 7) is 0. The Bertz CT molecular complexity index is 2550. The minimum absolute atomic E-state index is 1.12. The van der Waals surface area contributed by atoms with Gasteiger partial charge in [-0.25, -0.2) is 0 Å². The lowest BCUT2D eigenvalue weighted by Crippen LogP contribution is -2.10. The molecule has 9 aromatic rings. The molecule has 0 spiro atoms. The van der Waals surface area contributed by atoms with Gasteiger partial charge in [0.05, 0.1) is 5.69 Å². The topological polar surface area (TPSA) is 3.24 Å².